The lowest BCUT2D eigenvalue weighted by Crippen LogP contribution is -2.31. The fraction of sp³-hybridized carbons (Fsp3) is 0.200. The van der Waals surface area contributed by atoms with Gasteiger partial charge in [0.05, 0.1) is 5.57 Å². The van der Waals surface area contributed by atoms with Crippen LogP contribution < -0.4 is 10.1 Å². The number of ether oxygens (including phenoxy) is 2. The molecule has 0 bridgehead atoms. The van der Waals surface area contributed by atoms with Crippen LogP contribution in [-0.2, 0) is 14.3 Å². The zero-order valence-corrected chi connectivity index (χ0v) is 14.1. The van der Waals surface area contributed by atoms with Gasteiger partial charge in [0.2, 0.25) is 0 Å². The van der Waals surface area contributed by atoms with Gasteiger partial charge in [-0.05, 0) is 38.1 Å². The number of nitrogens with one attached hydrogen (secondary N) is 1. The predicted octanol–water partition coefficient (Wildman–Crippen LogP) is 3.34. The van der Waals surface area contributed by atoms with Crippen molar-refractivity contribution in [1.82, 2.24) is 0 Å². The van der Waals surface area contributed by atoms with E-state index in [1.54, 1.807) is 25.1 Å². The maximum atomic E-state index is 12.3. The van der Waals surface area contributed by atoms with E-state index in [2.05, 4.69) is 5.32 Å². The second-order valence-corrected chi connectivity index (χ2v) is 5.90. The van der Waals surface area contributed by atoms with Crippen molar-refractivity contribution < 1.29 is 19.1 Å². The van der Waals surface area contributed by atoms with Crippen LogP contribution in [0, 0.1) is 6.92 Å². The third-order valence-corrected chi connectivity index (χ3v) is 3.87. The maximum Gasteiger partial charge on any atom is 0.338 e. The van der Waals surface area contributed by atoms with Gasteiger partial charge in [-0.15, -0.1) is 0 Å². The SMILES string of the molecule is Cc1ccc(NC(=O)[C@@H](C)OC(=O)C2=Cc3ccccc3OC2)cc1. The number of carbonyl (C=O) groups excluding carboxylic acids is 2. The average molecular weight is 337 g/mol. The van der Waals surface area contributed by atoms with Crippen LogP contribution in [0.2, 0.25) is 0 Å². The van der Waals surface area contributed by atoms with Crippen molar-refractivity contribution in [3.05, 3.63) is 65.2 Å². The van der Waals surface area contributed by atoms with E-state index in [4.69, 9.17) is 9.47 Å². The van der Waals surface area contributed by atoms with Crippen molar-refractivity contribution in [1.29, 1.82) is 0 Å². The summed E-state index contributed by atoms with van der Waals surface area (Å²) in [6, 6.07) is 14.8. The second-order valence-electron chi connectivity index (χ2n) is 5.90. The van der Waals surface area contributed by atoms with Crippen molar-refractivity contribution in [2.24, 2.45) is 0 Å². The number of aryl methyl sites for hydroxylation is 1. The number of benzene rings is 2. The zero-order valence-electron chi connectivity index (χ0n) is 14.1. The topological polar surface area (TPSA) is 64.6 Å². The monoisotopic (exact) mass is 337 g/mol. The molecule has 1 heterocycles. The molecule has 1 atom stereocenters. The highest BCUT2D eigenvalue weighted by Crippen LogP contribution is 2.26. The molecule has 0 spiro atoms. The average Bonchev–Trinajstić information content (AvgIpc) is 2.63. The molecule has 5 heteroatoms. The lowest BCUT2D eigenvalue weighted by molar-refractivity contribution is -0.149. The lowest BCUT2D eigenvalue weighted by atomic mass is 10.1. The van der Waals surface area contributed by atoms with Crippen LogP contribution in [0.3, 0.4) is 0 Å². The van der Waals surface area contributed by atoms with Gasteiger partial charge in [-0.3, -0.25) is 4.79 Å². The maximum absolute atomic E-state index is 12.3. The zero-order chi connectivity index (χ0) is 17.8. The number of carbonyl (C=O) groups is 2. The van der Waals surface area contributed by atoms with Crippen molar-refractivity contribution in [2.75, 3.05) is 11.9 Å². The van der Waals surface area contributed by atoms with E-state index in [0.29, 0.717) is 11.3 Å². The molecule has 2 aromatic carbocycles. The highest BCUT2D eigenvalue weighted by atomic mass is 16.6. The first-order valence-corrected chi connectivity index (χ1v) is 8.04. The van der Waals surface area contributed by atoms with E-state index in [0.717, 1.165) is 16.9 Å². The quantitative estimate of drug-likeness (QED) is 0.869. The summed E-state index contributed by atoms with van der Waals surface area (Å²) in [7, 11) is 0. The minimum atomic E-state index is -0.910. The standard InChI is InChI=1S/C20H19NO4/c1-13-7-9-17(10-8-13)21-19(22)14(2)25-20(23)16-11-15-5-3-4-6-18(15)24-12-16/h3-11,14H,12H2,1-2H3,(H,21,22)/t14-/m1/s1. The van der Waals surface area contributed by atoms with Gasteiger partial charge in [0.15, 0.2) is 6.10 Å². The number of hydrogen-bond donors (Lipinski definition) is 1. The largest absolute Gasteiger partial charge is 0.488 e. The summed E-state index contributed by atoms with van der Waals surface area (Å²) in [5, 5.41) is 2.73. The number of fused-ring (bicyclic) bond motifs is 1. The summed E-state index contributed by atoms with van der Waals surface area (Å²) in [5.41, 5.74) is 2.96. The van der Waals surface area contributed by atoms with Gasteiger partial charge in [0.1, 0.15) is 12.4 Å². The van der Waals surface area contributed by atoms with E-state index >= 15 is 0 Å². The fourth-order valence-corrected chi connectivity index (χ4v) is 2.40. The molecule has 1 aliphatic heterocycles. The molecule has 1 aliphatic rings. The minimum absolute atomic E-state index is 0.127. The Morgan fingerprint density at radius 2 is 1.84 bits per heavy atom. The van der Waals surface area contributed by atoms with Gasteiger partial charge in [-0.2, -0.15) is 0 Å². The van der Waals surface area contributed by atoms with E-state index < -0.39 is 12.1 Å². The minimum Gasteiger partial charge on any atom is -0.488 e. The summed E-state index contributed by atoms with van der Waals surface area (Å²) in [6.07, 6.45) is 0.818. The molecular weight excluding hydrogens is 318 g/mol. The number of para-hydroxylation sites is 1. The molecule has 2 aromatic rings. The Bertz CT molecular complexity index is 824. The Hall–Kier alpha value is -3.08. The highest BCUT2D eigenvalue weighted by Gasteiger charge is 2.23. The van der Waals surface area contributed by atoms with Gasteiger partial charge in [-0.25, -0.2) is 4.79 Å². The Morgan fingerprint density at radius 3 is 2.60 bits per heavy atom. The molecule has 5 nitrogen and oxygen atoms in total. The van der Waals surface area contributed by atoms with E-state index in [-0.39, 0.29) is 12.5 Å². The predicted molar refractivity (Wildman–Crippen MR) is 95.3 cm³/mol. The summed E-state index contributed by atoms with van der Waals surface area (Å²) < 4.78 is 10.8. The Morgan fingerprint density at radius 1 is 1.12 bits per heavy atom. The molecule has 128 valence electrons. The van der Waals surface area contributed by atoms with Crippen LogP contribution in [0.4, 0.5) is 5.69 Å². The molecule has 0 unspecified atom stereocenters. The number of rotatable bonds is 4. The van der Waals surface area contributed by atoms with Gasteiger partial charge in [0.25, 0.3) is 5.91 Å². The smallest absolute Gasteiger partial charge is 0.338 e. The van der Waals surface area contributed by atoms with E-state index in [1.165, 1.54) is 0 Å². The van der Waals surface area contributed by atoms with Gasteiger partial charge < -0.3 is 14.8 Å². The molecular formula is C20H19NO4. The Labute approximate surface area is 146 Å². The lowest BCUT2D eigenvalue weighted by Gasteiger charge is -2.19. The van der Waals surface area contributed by atoms with E-state index in [9.17, 15) is 9.59 Å². The second kappa shape index (κ2) is 7.21. The van der Waals surface area contributed by atoms with Gasteiger partial charge >= 0.3 is 5.97 Å². The van der Waals surface area contributed by atoms with Crippen molar-refractivity contribution >= 4 is 23.6 Å². The third kappa shape index (κ3) is 4.07. The fourth-order valence-electron chi connectivity index (χ4n) is 2.40. The Balaban J connectivity index is 1.61. The van der Waals surface area contributed by atoms with Crippen LogP contribution in [0.25, 0.3) is 6.08 Å². The molecule has 0 radical (unpaired) electrons. The van der Waals surface area contributed by atoms with Gasteiger partial charge in [-0.1, -0.05) is 35.9 Å². The molecule has 0 saturated carbocycles. The molecule has 1 amide bonds. The van der Waals surface area contributed by atoms with Crippen LogP contribution in [-0.4, -0.2) is 24.6 Å². The molecule has 0 fully saturated rings. The number of esters is 1. The summed E-state index contributed by atoms with van der Waals surface area (Å²) in [5.74, 6) is -0.208. The van der Waals surface area contributed by atoms with Gasteiger partial charge in [0, 0.05) is 11.3 Å². The van der Waals surface area contributed by atoms with Crippen LogP contribution in [0.15, 0.2) is 54.1 Å². The van der Waals surface area contributed by atoms with Crippen LogP contribution in [0.5, 0.6) is 5.75 Å². The van der Waals surface area contributed by atoms with E-state index in [1.807, 2.05) is 43.3 Å². The number of amides is 1. The summed E-state index contributed by atoms with van der Waals surface area (Å²) >= 11 is 0. The van der Waals surface area contributed by atoms with Crippen molar-refractivity contribution in [3.63, 3.8) is 0 Å². The first-order chi connectivity index (χ1) is 12.0. The third-order valence-electron chi connectivity index (χ3n) is 3.87. The highest BCUT2D eigenvalue weighted by molar-refractivity contribution is 5.99. The Kier molecular flexibility index (Phi) is 4.84. The number of hydrogen-bond acceptors (Lipinski definition) is 4. The molecule has 1 N–H and O–H groups in total. The molecule has 0 aliphatic carbocycles. The molecule has 25 heavy (non-hydrogen) atoms. The van der Waals surface area contributed by atoms with Crippen molar-refractivity contribution in [2.45, 2.75) is 20.0 Å². The first-order valence-electron chi connectivity index (χ1n) is 8.04. The normalized spacial score (nSPS) is 13.8. The first kappa shape index (κ1) is 16.8. The summed E-state index contributed by atoms with van der Waals surface area (Å²) in [4.78, 5) is 24.4. The van der Waals surface area contributed by atoms with Crippen LogP contribution >= 0.6 is 0 Å². The molecule has 0 aromatic heterocycles. The van der Waals surface area contributed by atoms with Crippen molar-refractivity contribution in [3.8, 4) is 5.75 Å². The molecule has 0 saturated heterocycles. The van der Waals surface area contributed by atoms with Crippen LogP contribution in [0.1, 0.15) is 18.1 Å². The molecule has 3 rings (SSSR count). The summed E-state index contributed by atoms with van der Waals surface area (Å²) in [6.45, 7) is 3.63. The number of anilines is 1.